The zero-order valence-corrected chi connectivity index (χ0v) is 11.3. The minimum atomic E-state index is 0.937. The number of unbranched alkanes of at least 4 members (excludes halogenated alkanes) is 9. The second-order valence-electron chi connectivity index (χ2n) is 4.65. The highest BCUT2D eigenvalue weighted by molar-refractivity contribution is 4.48. The minimum absolute atomic E-state index is 0.937. The van der Waals surface area contributed by atoms with Gasteiger partial charge in [-0.3, -0.25) is 0 Å². The second kappa shape index (κ2) is 15.0. The summed E-state index contributed by atoms with van der Waals surface area (Å²) in [6.45, 7) is 7.93. The summed E-state index contributed by atoms with van der Waals surface area (Å²) in [4.78, 5) is 0. The molecule has 16 heavy (non-hydrogen) atoms. The lowest BCUT2D eigenvalue weighted by molar-refractivity contribution is 0.130. The highest BCUT2D eigenvalue weighted by Crippen LogP contribution is 2.10. The molecule has 1 radical (unpaired) electrons. The van der Waals surface area contributed by atoms with E-state index < -0.39 is 0 Å². The number of hydrogen-bond donors (Lipinski definition) is 0. The van der Waals surface area contributed by atoms with Gasteiger partial charge in [0, 0.05) is 13.2 Å². The van der Waals surface area contributed by atoms with Crippen molar-refractivity contribution in [3.05, 3.63) is 6.92 Å². The van der Waals surface area contributed by atoms with E-state index in [0.29, 0.717) is 0 Å². The van der Waals surface area contributed by atoms with Crippen molar-refractivity contribution in [2.45, 2.75) is 77.6 Å². The first-order valence-electron chi connectivity index (χ1n) is 7.28. The summed E-state index contributed by atoms with van der Waals surface area (Å²) in [5.74, 6) is 0. The average molecular weight is 227 g/mol. The molecular weight excluding hydrogens is 196 g/mol. The molecule has 0 saturated carbocycles. The molecule has 0 aromatic carbocycles. The molecule has 0 aliphatic heterocycles. The molecule has 0 bridgehead atoms. The van der Waals surface area contributed by atoms with E-state index in [2.05, 4.69) is 13.8 Å². The zero-order chi connectivity index (χ0) is 11.9. The molecule has 0 amide bonds. The van der Waals surface area contributed by atoms with E-state index in [1.165, 1.54) is 57.8 Å². The predicted molar refractivity (Wildman–Crippen MR) is 72.6 cm³/mol. The molecule has 97 valence electrons. The summed E-state index contributed by atoms with van der Waals surface area (Å²) in [6.07, 6.45) is 14.6. The van der Waals surface area contributed by atoms with Gasteiger partial charge in [-0.15, -0.1) is 0 Å². The quantitative estimate of drug-likeness (QED) is 0.395. The van der Waals surface area contributed by atoms with E-state index in [0.717, 1.165) is 26.1 Å². The lowest BCUT2D eigenvalue weighted by atomic mass is 10.1. The highest BCUT2D eigenvalue weighted by Gasteiger charge is 1.92. The van der Waals surface area contributed by atoms with Gasteiger partial charge in [0.15, 0.2) is 0 Å². The Morgan fingerprint density at radius 2 is 1.19 bits per heavy atom. The topological polar surface area (TPSA) is 9.23 Å². The zero-order valence-electron chi connectivity index (χ0n) is 11.3. The molecule has 0 aliphatic rings. The van der Waals surface area contributed by atoms with Crippen molar-refractivity contribution in [3.8, 4) is 0 Å². The van der Waals surface area contributed by atoms with E-state index >= 15 is 0 Å². The summed E-state index contributed by atoms with van der Waals surface area (Å²) < 4.78 is 5.45. The van der Waals surface area contributed by atoms with Crippen LogP contribution in [0.1, 0.15) is 77.6 Å². The lowest BCUT2D eigenvalue weighted by Crippen LogP contribution is -1.95. The molecular formula is C15H31O. The Labute approximate surface area is 103 Å². The molecule has 0 fully saturated rings. The summed E-state index contributed by atoms with van der Waals surface area (Å²) in [5, 5.41) is 0. The molecule has 0 atom stereocenters. The third-order valence-corrected chi connectivity index (χ3v) is 2.89. The van der Waals surface area contributed by atoms with Crippen LogP contribution in [0.15, 0.2) is 0 Å². The summed E-state index contributed by atoms with van der Waals surface area (Å²) >= 11 is 0. The Morgan fingerprint density at radius 1 is 0.688 bits per heavy atom. The largest absolute Gasteiger partial charge is 0.381 e. The summed E-state index contributed by atoms with van der Waals surface area (Å²) in [5.41, 5.74) is 0. The van der Waals surface area contributed by atoms with E-state index in [9.17, 15) is 0 Å². The van der Waals surface area contributed by atoms with Crippen LogP contribution >= 0.6 is 0 Å². The van der Waals surface area contributed by atoms with Crippen LogP contribution in [-0.4, -0.2) is 13.2 Å². The fourth-order valence-electron chi connectivity index (χ4n) is 1.86. The number of hydrogen-bond acceptors (Lipinski definition) is 1. The van der Waals surface area contributed by atoms with Crippen LogP contribution in [0.3, 0.4) is 0 Å². The van der Waals surface area contributed by atoms with Crippen molar-refractivity contribution in [2.75, 3.05) is 13.2 Å². The van der Waals surface area contributed by atoms with E-state index in [1.54, 1.807) is 0 Å². The monoisotopic (exact) mass is 227 g/mol. The maximum atomic E-state index is 5.45. The van der Waals surface area contributed by atoms with E-state index in [4.69, 9.17) is 4.74 Å². The lowest BCUT2D eigenvalue weighted by Gasteiger charge is -2.03. The van der Waals surface area contributed by atoms with Crippen molar-refractivity contribution >= 4 is 0 Å². The first-order chi connectivity index (χ1) is 7.91. The van der Waals surface area contributed by atoms with Gasteiger partial charge in [-0.05, 0) is 12.8 Å². The molecule has 0 N–H and O–H groups in total. The molecule has 1 nitrogen and oxygen atoms in total. The molecule has 0 aromatic heterocycles. The van der Waals surface area contributed by atoms with Crippen LogP contribution in [0.2, 0.25) is 0 Å². The third kappa shape index (κ3) is 14.0. The van der Waals surface area contributed by atoms with Crippen molar-refractivity contribution in [1.82, 2.24) is 0 Å². The fourth-order valence-corrected chi connectivity index (χ4v) is 1.86. The van der Waals surface area contributed by atoms with Crippen molar-refractivity contribution in [1.29, 1.82) is 0 Å². The van der Waals surface area contributed by atoms with Crippen molar-refractivity contribution < 1.29 is 4.74 Å². The van der Waals surface area contributed by atoms with Gasteiger partial charge in [-0.25, -0.2) is 0 Å². The van der Waals surface area contributed by atoms with Crippen molar-refractivity contribution in [3.63, 3.8) is 0 Å². The Balaban J connectivity index is 2.83. The van der Waals surface area contributed by atoms with Gasteiger partial charge in [-0.1, -0.05) is 71.6 Å². The first-order valence-corrected chi connectivity index (χ1v) is 7.28. The smallest absolute Gasteiger partial charge is 0.0466 e. The molecule has 0 saturated heterocycles. The van der Waals surface area contributed by atoms with Crippen LogP contribution in [0, 0.1) is 6.92 Å². The van der Waals surface area contributed by atoms with Crippen LogP contribution in [0.25, 0.3) is 0 Å². The Bertz CT molecular complexity index is 98.0. The standard InChI is InChI=1S/C15H31O/c1-3-5-6-7-8-9-10-11-12-13-15-16-14-4-2/h1,3-15H2,2H3. The van der Waals surface area contributed by atoms with Gasteiger partial charge in [0.2, 0.25) is 0 Å². The van der Waals surface area contributed by atoms with Gasteiger partial charge in [0.1, 0.15) is 0 Å². The normalized spacial score (nSPS) is 10.9. The van der Waals surface area contributed by atoms with Crippen LogP contribution in [-0.2, 0) is 4.74 Å². The third-order valence-electron chi connectivity index (χ3n) is 2.89. The van der Waals surface area contributed by atoms with Crippen LogP contribution in [0.4, 0.5) is 0 Å². The van der Waals surface area contributed by atoms with Gasteiger partial charge in [-0.2, -0.15) is 0 Å². The Hall–Kier alpha value is -0.0400. The molecule has 0 unspecified atom stereocenters. The predicted octanol–water partition coefficient (Wildman–Crippen LogP) is 5.15. The number of rotatable bonds is 13. The van der Waals surface area contributed by atoms with Crippen LogP contribution in [0.5, 0.6) is 0 Å². The Kier molecular flexibility index (Phi) is 14.9. The van der Waals surface area contributed by atoms with E-state index in [-0.39, 0.29) is 0 Å². The molecule has 0 aromatic rings. The van der Waals surface area contributed by atoms with Gasteiger partial charge < -0.3 is 4.74 Å². The molecule has 0 rings (SSSR count). The summed E-state index contributed by atoms with van der Waals surface area (Å²) in [7, 11) is 0. The average Bonchev–Trinajstić information content (AvgIpc) is 2.31. The maximum absolute atomic E-state index is 5.45. The van der Waals surface area contributed by atoms with Crippen molar-refractivity contribution in [2.24, 2.45) is 0 Å². The van der Waals surface area contributed by atoms with E-state index in [1.807, 2.05) is 0 Å². The second-order valence-corrected chi connectivity index (χ2v) is 4.65. The molecule has 0 heterocycles. The summed E-state index contributed by atoms with van der Waals surface area (Å²) in [6, 6.07) is 0. The molecule has 0 aliphatic carbocycles. The fraction of sp³-hybridized carbons (Fsp3) is 0.933. The first kappa shape index (κ1) is 16.0. The van der Waals surface area contributed by atoms with Crippen LogP contribution < -0.4 is 0 Å². The maximum Gasteiger partial charge on any atom is 0.0466 e. The van der Waals surface area contributed by atoms with Gasteiger partial charge >= 0.3 is 0 Å². The Morgan fingerprint density at radius 3 is 1.69 bits per heavy atom. The molecule has 1 heteroatoms. The number of ether oxygens (including phenoxy) is 1. The van der Waals surface area contributed by atoms with Gasteiger partial charge in [0.05, 0.1) is 0 Å². The minimum Gasteiger partial charge on any atom is -0.381 e. The SMILES string of the molecule is [CH2]CCCCCCCCCCCOCCC. The molecule has 0 spiro atoms. The van der Waals surface area contributed by atoms with Gasteiger partial charge in [0.25, 0.3) is 0 Å². The highest BCUT2D eigenvalue weighted by atomic mass is 16.5.